The minimum Gasteiger partial charge on any atom is -0.451 e. The zero-order valence-corrected chi connectivity index (χ0v) is 19.7. The van der Waals surface area contributed by atoms with E-state index in [1.165, 1.54) is 0 Å². The predicted molar refractivity (Wildman–Crippen MR) is 141 cm³/mol. The normalized spacial score (nSPS) is 11.7. The third kappa shape index (κ3) is 3.24. The predicted octanol–water partition coefficient (Wildman–Crippen LogP) is 7.77. The molecule has 4 aromatic heterocycles. The summed E-state index contributed by atoms with van der Waals surface area (Å²) in [7, 11) is 0. The molecule has 0 amide bonds. The number of aromatic nitrogens is 4. The Labute approximate surface area is 214 Å². The van der Waals surface area contributed by atoms with Crippen molar-refractivity contribution in [3.63, 3.8) is 0 Å². The smallest absolute Gasteiger partial charge is 0.283 e. The molecule has 0 spiro atoms. The van der Waals surface area contributed by atoms with Crippen LogP contribution in [-0.4, -0.2) is 20.4 Å². The minimum absolute atomic E-state index is 0.316. The Bertz CT molecular complexity index is 1900. The Balaban J connectivity index is 1.19. The molecule has 0 saturated carbocycles. The van der Waals surface area contributed by atoms with Crippen molar-refractivity contribution in [3.05, 3.63) is 97.1 Å². The molecule has 0 aliphatic rings. The third-order valence-electron chi connectivity index (χ3n) is 6.51. The summed E-state index contributed by atoms with van der Waals surface area (Å²) in [5.41, 5.74) is 3.10. The molecule has 0 radical (unpaired) electrons. The Morgan fingerprint density at radius 3 is 1.29 bits per heavy atom. The monoisotopic (exact) mass is 496 g/mol. The maximum Gasteiger partial charge on any atom is 0.283 e. The summed E-state index contributed by atoms with van der Waals surface area (Å²) in [6.07, 6.45) is 0. The van der Waals surface area contributed by atoms with Gasteiger partial charge in [0.05, 0.1) is 0 Å². The molecule has 4 heterocycles. The highest BCUT2D eigenvalue weighted by Crippen LogP contribution is 2.37. The number of fused-ring (bicyclic) bond motifs is 3. The van der Waals surface area contributed by atoms with Crippen LogP contribution in [0.25, 0.3) is 78.9 Å². The number of hydrogen-bond donors (Lipinski definition) is 0. The van der Waals surface area contributed by atoms with Crippen LogP contribution in [0.1, 0.15) is 0 Å². The van der Waals surface area contributed by atoms with Gasteiger partial charge in [0.25, 0.3) is 11.8 Å². The SMILES string of the molecule is c1ccc2oc(-c3nnc(-c4ccc(-c5nnc(-c6cc7ccccc7o6)o5)c5ccccc45)o3)cc2c1. The molecule has 0 unspecified atom stereocenters. The van der Waals surface area contributed by atoms with Gasteiger partial charge in [-0.1, -0.05) is 60.7 Å². The summed E-state index contributed by atoms with van der Waals surface area (Å²) < 4.78 is 23.9. The lowest BCUT2D eigenvalue weighted by Gasteiger charge is -2.06. The molecular weight excluding hydrogens is 480 g/mol. The number of rotatable bonds is 4. The third-order valence-corrected chi connectivity index (χ3v) is 6.51. The fraction of sp³-hybridized carbons (Fsp3) is 0. The van der Waals surface area contributed by atoms with Gasteiger partial charge in [-0.2, -0.15) is 0 Å². The number of nitrogens with zero attached hydrogens (tertiary/aromatic N) is 4. The van der Waals surface area contributed by atoms with Crippen molar-refractivity contribution in [2.45, 2.75) is 0 Å². The van der Waals surface area contributed by atoms with Gasteiger partial charge in [0.1, 0.15) is 11.2 Å². The molecule has 8 nitrogen and oxygen atoms in total. The second kappa shape index (κ2) is 8.01. The minimum atomic E-state index is 0.316. The van der Waals surface area contributed by atoms with E-state index in [2.05, 4.69) is 20.4 Å². The molecular formula is C30H16N4O4. The number of benzene rings is 4. The Morgan fingerprint density at radius 1 is 0.395 bits per heavy atom. The van der Waals surface area contributed by atoms with Gasteiger partial charge in [0.2, 0.25) is 11.8 Å². The zero-order valence-electron chi connectivity index (χ0n) is 19.7. The molecule has 4 aromatic carbocycles. The highest BCUT2D eigenvalue weighted by molar-refractivity contribution is 6.02. The second-order valence-electron chi connectivity index (χ2n) is 8.83. The molecule has 180 valence electrons. The van der Waals surface area contributed by atoms with Crippen LogP contribution in [0.5, 0.6) is 0 Å². The summed E-state index contributed by atoms with van der Waals surface area (Å²) in [5.74, 6) is 2.45. The van der Waals surface area contributed by atoms with E-state index in [9.17, 15) is 0 Å². The fourth-order valence-electron chi connectivity index (χ4n) is 4.71. The standard InChI is InChI=1S/C30H16N4O4/c1-5-11-23-17(7-1)15-25(35-23)29-33-31-27(37-29)21-13-14-22(20-10-4-3-9-19(20)21)28-32-34-30(38-28)26-16-18-8-2-6-12-24(18)36-26/h1-16H. The van der Waals surface area contributed by atoms with E-state index in [4.69, 9.17) is 17.7 Å². The molecule has 0 saturated heterocycles. The van der Waals surface area contributed by atoms with E-state index in [1.54, 1.807) is 0 Å². The van der Waals surface area contributed by atoms with Crippen LogP contribution in [-0.2, 0) is 0 Å². The molecule has 8 heteroatoms. The molecule has 0 aliphatic carbocycles. The Kier molecular flexibility index (Phi) is 4.35. The lowest BCUT2D eigenvalue weighted by atomic mass is 9.99. The van der Waals surface area contributed by atoms with E-state index in [-0.39, 0.29) is 0 Å². The molecule has 8 aromatic rings. The summed E-state index contributed by atoms with van der Waals surface area (Å²) >= 11 is 0. The van der Waals surface area contributed by atoms with Crippen molar-refractivity contribution >= 4 is 32.7 Å². The van der Waals surface area contributed by atoms with Gasteiger partial charge in [0, 0.05) is 21.9 Å². The van der Waals surface area contributed by atoms with Crippen molar-refractivity contribution < 1.29 is 17.7 Å². The summed E-state index contributed by atoms with van der Waals surface area (Å²) in [6, 6.07) is 31.0. The van der Waals surface area contributed by atoms with Gasteiger partial charge in [-0.25, -0.2) is 0 Å². The van der Waals surface area contributed by atoms with Crippen LogP contribution in [0.15, 0.2) is 115 Å². The van der Waals surface area contributed by atoms with E-state index in [0.29, 0.717) is 35.1 Å². The van der Waals surface area contributed by atoms with Gasteiger partial charge in [-0.15, -0.1) is 20.4 Å². The van der Waals surface area contributed by atoms with Crippen LogP contribution in [0.4, 0.5) is 0 Å². The summed E-state index contributed by atoms with van der Waals surface area (Å²) in [4.78, 5) is 0. The van der Waals surface area contributed by atoms with Crippen LogP contribution in [0.2, 0.25) is 0 Å². The highest BCUT2D eigenvalue weighted by atomic mass is 16.4. The van der Waals surface area contributed by atoms with Gasteiger partial charge >= 0.3 is 0 Å². The first kappa shape index (κ1) is 20.7. The number of hydrogen-bond acceptors (Lipinski definition) is 8. The first-order valence-electron chi connectivity index (χ1n) is 12.0. The van der Waals surface area contributed by atoms with Crippen molar-refractivity contribution in [1.29, 1.82) is 0 Å². The molecule has 0 atom stereocenters. The van der Waals surface area contributed by atoms with E-state index < -0.39 is 0 Å². The second-order valence-corrected chi connectivity index (χ2v) is 8.83. The lowest BCUT2D eigenvalue weighted by Crippen LogP contribution is -1.86. The fourth-order valence-corrected chi connectivity index (χ4v) is 4.71. The van der Waals surface area contributed by atoms with Crippen LogP contribution in [0.3, 0.4) is 0 Å². The van der Waals surface area contributed by atoms with Crippen LogP contribution >= 0.6 is 0 Å². The van der Waals surface area contributed by atoms with E-state index in [0.717, 1.165) is 43.8 Å². The van der Waals surface area contributed by atoms with Crippen LogP contribution < -0.4 is 0 Å². The zero-order chi connectivity index (χ0) is 25.1. The maximum atomic E-state index is 6.05. The van der Waals surface area contributed by atoms with Crippen molar-refractivity contribution in [3.8, 4) is 46.2 Å². The van der Waals surface area contributed by atoms with Gasteiger partial charge in [0.15, 0.2) is 11.5 Å². The van der Waals surface area contributed by atoms with Gasteiger partial charge in [-0.3, -0.25) is 0 Å². The average Bonchev–Trinajstić information content (AvgIpc) is 3.77. The van der Waals surface area contributed by atoms with Crippen LogP contribution in [0, 0.1) is 0 Å². The average molecular weight is 496 g/mol. The van der Waals surface area contributed by atoms with Gasteiger partial charge < -0.3 is 17.7 Å². The number of furan rings is 2. The first-order chi connectivity index (χ1) is 18.8. The Hall–Kier alpha value is -5.50. The molecule has 0 N–H and O–H groups in total. The summed E-state index contributed by atoms with van der Waals surface area (Å²) in [5, 5.41) is 20.9. The molecule has 38 heavy (non-hydrogen) atoms. The summed E-state index contributed by atoms with van der Waals surface area (Å²) in [6.45, 7) is 0. The maximum absolute atomic E-state index is 6.05. The van der Waals surface area contributed by atoms with E-state index >= 15 is 0 Å². The first-order valence-corrected chi connectivity index (χ1v) is 12.0. The van der Waals surface area contributed by atoms with Gasteiger partial charge in [-0.05, 0) is 47.2 Å². The quantitative estimate of drug-likeness (QED) is 0.243. The van der Waals surface area contributed by atoms with Crippen molar-refractivity contribution in [1.82, 2.24) is 20.4 Å². The molecule has 0 aliphatic heterocycles. The Morgan fingerprint density at radius 2 is 0.816 bits per heavy atom. The van der Waals surface area contributed by atoms with E-state index in [1.807, 2.05) is 97.1 Å². The van der Waals surface area contributed by atoms with Crippen molar-refractivity contribution in [2.75, 3.05) is 0 Å². The molecule has 8 rings (SSSR count). The van der Waals surface area contributed by atoms with Crippen molar-refractivity contribution in [2.24, 2.45) is 0 Å². The topological polar surface area (TPSA) is 104 Å². The molecule has 0 fully saturated rings. The highest BCUT2D eigenvalue weighted by Gasteiger charge is 2.20. The number of para-hydroxylation sites is 2. The lowest BCUT2D eigenvalue weighted by molar-refractivity contribution is 0.541. The largest absolute Gasteiger partial charge is 0.451 e. The molecule has 0 bridgehead atoms.